The SMILES string of the molecule is COc1cc(NCC2CCCC2O)nc(N)n1. The summed E-state index contributed by atoms with van der Waals surface area (Å²) in [6.45, 7) is 0.695. The molecule has 6 nitrogen and oxygen atoms in total. The summed E-state index contributed by atoms with van der Waals surface area (Å²) < 4.78 is 5.01. The molecule has 0 bridgehead atoms. The van der Waals surface area contributed by atoms with Gasteiger partial charge in [0.25, 0.3) is 0 Å². The molecule has 2 rings (SSSR count). The number of aliphatic hydroxyl groups excluding tert-OH is 1. The normalized spacial score (nSPS) is 23.6. The zero-order chi connectivity index (χ0) is 12.3. The zero-order valence-corrected chi connectivity index (χ0v) is 9.89. The van der Waals surface area contributed by atoms with Crippen molar-refractivity contribution in [3.63, 3.8) is 0 Å². The minimum Gasteiger partial charge on any atom is -0.481 e. The van der Waals surface area contributed by atoms with Gasteiger partial charge in [0.1, 0.15) is 5.82 Å². The Kier molecular flexibility index (Phi) is 3.63. The molecule has 0 saturated heterocycles. The number of nitrogens with zero attached hydrogens (tertiary/aromatic N) is 2. The van der Waals surface area contributed by atoms with Crippen molar-refractivity contribution in [1.29, 1.82) is 0 Å². The van der Waals surface area contributed by atoms with E-state index in [0.29, 0.717) is 18.2 Å². The van der Waals surface area contributed by atoms with Crippen molar-refractivity contribution in [2.24, 2.45) is 5.92 Å². The number of nitrogens with two attached hydrogens (primary N) is 1. The Morgan fingerprint density at radius 2 is 2.35 bits per heavy atom. The number of rotatable bonds is 4. The molecule has 0 aliphatic heterocycles. The molecule has 1 heterocycles. The molecule has 1 aliphatic rings. The second-order valence-electron chi connectivity index (χ2n) is 4.29. The van der Waals surface area contributed by atoms with Gasteiger partial charge in [-0.1, -0.05) is 6.42 Å². The molecule has 1 saturated carbocycles. The number of anilines is 2. The maximum absolute atomic E-state index is 9.70. The third kappa shape index (κ3) is 2.97. The molecule has 2 atom stereocenters. The maximum Gasteiger partial charge on any atom is 0.225 e. The number of nitrogens with one attached hydrogen (secondary N) is 1. The van der Waals surface area contributed by atoms with Crippen LogP contribution < -0.4 is 15.8 Å². The maximum atomic E-state index is 9.70. The highest BCUT2D eigenvalue weighted by molar-refractivity contribution is 5.42. The van der Waals surface area contributed by atoms with Gasteiger partial charge < -0.3 is 20.9 Å². The van der Waals surface area contributed by atoms with E-state index in [4.69, 9.17) is 10.5 Å². The lowest BCUT2D eigenvalue weighted by Crippen LogP contribution is -2.22. The molecule has 0 radical (unpaired) electrons. The first-order chi connectivity index (χ1) is 8.19. The Bertz CT molecular complexity index is 386. The first kappa shape index (κ1) is 11.9. The number of methoxy groups -OCH3 is 1. The number of aliphatic hydroxyl groups is 1. The van der Waals surface area contributed by atoms with E-state index >= 15 is 0 Å². The highest BCUT2D eigenvalue weighted by Crippen LogP contribution is 2.25. The van der Waals surface area contributed by atoms with Crippen LogP contribution in [0.2, 0.25) is 0 Å². The van der Waals surface area contributed by atoms with E-state index in [0.717, 1.165) is 19.3 Å². The summed E-state index contributed by atoms with van der Waals surface area (Å²) >= 11 is 0. The van der Waals surface area contributed by atoms with Crippen molar-refractivity contribution in [3.8, 4) is 5.88 Å². The summed E-state index contributed by atoms with van der Waals surface area (Å²) in [5.41, 5.74) is 5.55. The average Bonchev–Trinajstić information content (AvgIpc) is 2.71. The van der Waals surface area contributed by atoms with Crippen molar-refractivity contribution in [1.82, 2.24) is 9.97 Å². The smallest absolute Gasteiger partial charge is 0.225 e. The van der Waals surface area contributed by atoms with Gasteiger partial charge in [-0.25, -0.2) is 0 Å². The molecular formula is C11H18N4O2. The Hall–Kier alpha value is -1.56. The van der Waals surface area contributed by atoms with E-state index in [1.165, 1.54) is 7.11 Å². The monoisotopic (exact) mass is 238 g/mol. The summed E-state index contributed by atoms with van der Waals surface area (Å²) in [6.07, 6.45) is 2.82. The zero-order valence-electron chi connectivity index (χ0n) is 9.89. The van der Waals surface area contributed by atoms with Crippen molar-refractivity contribution in [2.75, 3.05) is 24.7 Å². The van der Waals surface area contributed by atoms with Crippen LogP contribution in [0.4, 0.5) is 11.8 Å². The van der Waals surface area contributed by atoms with E-state index < -0.39 is 0 Å². The Morgan fingerprint density at radius 3 is 3.00 bits per heavy atom. The predicted octanol–water partition coefficient (Wildman–Crippen LogP) is 0.640. The number of nitrogen functional groups attached to an aromatic ring is 1. The van der Waals surface area contributed by atoms with Crippen LogP contribution in [0.1, 0.15) is 19.3 Å². The van der Waals surface area contributed by atoms with E-state index in [9.17, 15) is 5.11 Å². The van der Waals surface area contributed by atoms with Gasteiger partial charge in [0.2, 0.25) is 11.8 Å². The van der Waals surface area contributed by atoms with Gasteiger partial charge in [0.05, 0.1) is 13.2 Å². The fourth-order valence-corrected chi connectivity index (χ4v) is 2.13. The highest BCUT2D eigenvalue weighted by Gasteiger charge is 2.24. The molecule has 1 fully saturated rings. The summed E-state index contributed by atoms with van der Waals surface area (Å²) in [6, 6.07) is 1.69. The second kappa shape index (κ2) is 5.18. The van der Waals surface area contributed by atoms with Crippen LogP contribution in [0.15, 0.2) is 6.07 Å². The first-order valence-corrected chi connectivity index (χ1v) is 5.79. The van der Waals surface area contributed by atoms with Gasteiger partial charge in [0, 0.05) is 18.5 Å². The van der Waals surface area contributed by atoms with Crippen LogP contribution in [0, 0.1) is 5.92 Å². The van der Waals surface area contributed by atoms with Crippen LogP contribution in [-0.4, -0.2) is 34.8 Å². The van der Waals surface area contributed by atoms with E-state index in [-0.39, 0.29) is 18.0 Å². The molecule has 2 unspecified atom stereocenters. The van der Waals surface area contributed by atoms with E-state index in [1.54, 1.807) is 6.07 Å². The molecule has 4 N–H and O–H groups in total. The number of aromatic nitrogens is 2. The number of hydrogen-bond donors (Lipinski definition) is 3. The van der Waals surface area contributed by atoms with Gasteiger partial charge in [-0.15, -0.1) is 0 Å². The number of hydrogen-bond acceptors (Lipinski definition) is 6. The third-order valence-corrected chi connectivity index (χ3v) is 3.09. The molecular weight excluding hydrogens is 220 g/mol. The van der Waals surface area contributed by atoms with E-state index in [1.807, 2.05) is 0 Å². The lowest BCUT2D eigenvalue weighted by atomic mass is 10.1. The molecule has 0 spiro atoms. The van der Waals surface area contributed by atoms with Crippen molar-refractivity contribution >= 4 is 11.8 Å². The Labute approximate surface area is 100 Å². The minimum atomic E-state index is -0.205. The second-order valence-corrected chi connectivity index (χ2v) is 4.29. The van der Waals surface area contributed by atoms with Crippen LogP contribution in [0.3, 0.4) is 0 Å². The van der Waals surface area contributed by atoms with Gasteiger partial charge in [0.15, 0.2) is 0 Å². The summed E-state index contributed by atoms with van der Waals surface area (Å²) in [5, 5.41) is 12.9. The van der Waals surface area contributed by atoms with Gasteiger partial charge in [-0.2, -0.15) is 9.97 Å². The van der Waals surface area contributed by atoms with Gasteiger partial charge >= 0.3 is 0 Å². The fraction of sp³-hybridized carbons (Fsp3) is 0.636. The van der Waals surface area contributed by atoms with Crippen molar-refractivity contribution in [2.45, 2.75) is 25.4 Å². The first-order valence-electron chi connectivity index (χ1n) is 5.79. The van der Waals surface area contributed by atoms with Gasteiger partial charge in [-0.3, -0.25) is 0 Å². The third-order valence-electron chi connectivity index (χ3n) is 3.09. The highest BCUT2D eigenvalue weighted by atomic mass is 16.5. The largest absolute Gasteiger partial charge is 0.481 e. The van der Waals surface area contributed by atoms with E-state index in [2.05, 4.69) is 15.3 Å². The van der Waals surface area contributed by atoms with Crippen molar-refractivity contribution in [3.05, 3.63) is 6.07 Å². The average molecular weight is 238 g/mol. The molecule has 6 heteroatoms. The lowest BCUT2D eigenvalue weighted by Gasteiger charge is -2.15. The summed E-state index contributed by atoms with van der Waals surface area (Å²) in [4.78, 5) is 7.96. The van der Waals surface area contributed by atoms with Crippen LogP contribution in [-0.2, 0) is 0 Å². The molecule has 0 amide bonds. The van der Waals surface area contributed by atoms with Gasteiger partial charge in [-0.05, 0) is 12.8 Å². The topological polar surface area (TPSA) is 93.3 Å². The fourth-order valence-electron chi connectivity index (χ4n) is 2.13. The molecule has 1 aromatic rings. The predicted molar refractivity (Wildman–Crippen MR) is 64.8 cm³/mol. The quantitative estimate of drug-likeness (QED) is 0.712. The van der Waals surface area contributed by atoms with Crippen LogP contribution >= 0.6 is 0 Å². The van der Waals surface area contributed by atoms with Crippen LogP contribution in [0.5, 0.6) is 5.88 Å². The van der Waals surface area contributed by atoms with Crippen molar-refractivity contribution < 1.29 is 9.84 Å². The molecule has 1 aromatic heterocycles. The standard InChI is InChI=1S/C11H18N4O2/c1-17-10-5-9(14-11(12)15-10)13-6-7-3-2-4-8(7)16/h5,7-8,16H,2-4,6H2,1H3,(H3,12,13,14,15). The summed E-state index contributed by atoms with van der Waals surface area (Å²) in [7, 11) is 1.53. The lowest BCUT2D eigenvalue weighted by molar-refractivity contribution is 0.138. The molecule has 94 valence electrons. The number of ether oxygens (including phenoxy) is 1. The Balaban J connectivity index is 1.96. The molecule has 0 aromatic carbocycles. The summed E-state index contributed by atoms with van der Waals surface area (Å²) in [5.74, 6) is 1.54. The molecule has 17 heavy (non-hydrogen) atoms. The molecule has 1 aliphatic carbocycles. The Morgan fingerprint density at radius 1 is 1.53 bits per heavy atom. The van der Waals surface area contributed by atoms with Crippen LogP contribution in [0.25, 0.3) is 0 Å². The minimum absolute atomic E-state index is 0.179.